The normalized spacial score (nSPS) is 14.8. The molecule has 1 aromatic heterocycles. The molecular weight excluding hydrogens is 514 g/mol. The minimum atomic E-state index is -0.217. The highest BCUT2D eigenvalue weighted by Gasteiger charge is 2.28. The van der Waals surface area contributed by atoms with Crippen molar-refractivity contribution in [3.63, 3.8) is 0 Å². The summed E-state index contributed by atoms with van der Waals surface area (Å²) in [5, 5.41) is 4.24. The quantitative estimate of drug-likeness (QED) is 0.339. The summed E-state index contributed by atoms with van der Waals surface area (Å²) in [5.74, 6) is 1.01. The number of piperidine rings is 1. The number of para-hydroxylation sites is 1. The van der Waals surface area contributed by atoms with Gasteiger partial charge < -0.3 is 24.3 Å². The predicted octanol–water partition coefficient (Wildman–Crippen LogP) is 7.45. The van der Waals surface area contributed by atoms with Crippen LogP contribution in [0.1, 0.15) is 88.5 Å². The van der Waals surface area contributed by atoms with Crippen LogP contribution in [-0.2, 0) is 29.0 Å². The van der Waals surface area contributed by atoms with Gasteiger partial charge in [0.25, 0.3) is 5.91 Å². The van der Waals surface area contributed by atoms with Gasteiger partial charge in [0.1, 0.15) is 11.4 Å². The predicted molar refractivity (Wildman–Crippen MR) is 166 cm³/mol. The molecule has 1 aliphatic heterocycles. The van der Waals surface area contributed by atoms with E-state index in [4.69, 9.17) is 9.47 Å². The zero-order valence-corrected chi connectivity index (χ0v) is 26.3. The molecule has 1 saturated heterocycles. The number of methoxy groups -OCH3 is 1. The van der Waals surface area contributed by atoms with Crippen molar-refractivity contribution in [1.29, 1.82) is 0 Å². The van der Waals surface area contributed by atoms with Crippen LogP contribution < -0.4 is 10.1 Å². The first kappa shape index (κ1) is 30.5. The molecule has 0 spiro atoms. The molecule has 0 unspecified atom stereocenters. The van der Waals surface area contributed by atoms with E-state index in [2.05, 4.69) is 71.1 Å². The van der Waals surface area contributed by atoms with Crippen LogP contribution in [0.25, 0.3) is 10.9 Å². The molecule has 222 valence electrons. The second-order valence-corrected chi connectivity index (χ2v) is 13.3. The molecule has 0 saturated carbocycles. The summed E-state index contributed by atoms with van der Waals surface area (Å²) in [7, 11) is 3.63. The highest BCUT2D eigenvalue weighted by atomic mass is 16.6. The highest BCUT2D eigenvalue weighted by molar-refractivity contribution is 6.07. The number of likely N-dealkylation sites (tertiary alicyclic amines) is 1. The van der Waals surface area contributed by atoms with Crippen LogP contribution in [0.2, 0.25) is 0 Å². The van der Waals surface area contributed by atoms with Crippen molar-refractivity contribution in [3.05, 3.63) is 58.8 Å². The van der Waals surface area contributed by atoms with E-state index < -0.39 is 0 Å². The molecule has 3 aromatic rings. The lowest BCUT2D eigenvalue weighted by atomic mass is 9.79. The zero-order valence-electron chi connectivity index (χ0n) is 26.3. The van der Waals surface area contributed by atoms with Gasteiger partial charge in [-0.3, -0.25) is 4.79 Å². The average Bonchev–Trinajstić information content (AvgIpc) is 3.25. The van der Waals surface area contributed by atoms with Crippen molar-refractivity contribution in [3.8, 4) is 5.75 Å². The van der Waals surface area contributed by atoms with Crippen LogP contribution in [0.3, 0.4) is 0 Å². The van der Waals surface area contributed by atoms with Crippen LogP contribution in [0, 0.1) is 5.92 Å². The molecule has 0 bridgehead atoms. The summed E-state index contributed by atoms with van der Waals surface area (Å²) in [4.78, 5) is 27.7. The molecule has 1 aliphatic rings. The Bertz CT molecular complexity index is 1420. The van der Waals surface area contributed by atoms with Gasteiger partial charge in [-0.15, -0.1) is 0 Å². The number of amides is 2. The minimum Gasteiger partial charge on any atom is -0.494 e. The number of aromatic nitrogens is 1. The number of aryl methyl sites for hydroxylation is 1. The van der Waals surface area contributed by atoms with Crippen LogP contribution in [0.15, 0.2) is 36.4 Å². The van der Waals surface area contributed by atoms with E-state index in [9.17, 15) is 9.59 Å². The molecule has 41 heavy (non-hydrogen) atoms. The zero-order chi connectivity index (χ0) is 30.1. The van der Waals surface area contributed by atoms with Crippen molar-refractivity contribution in [1.82, 2.24) is 9.47 Å². The highest BCUT2D eigenvalue weighted by Crippen LogP contribution is 2.41. The number of ether oxygens (including phenoxy) is 2. The van der Waals surface area contributed by atoms with E-state index in [1.165, 1.54) is 5.56 Å². The molecule has 0 aliphatic carbocycles. The summed E-state index contributed by atoms with van der Waals surface area (Å²) < 4.78 is 13.1. The molecule has 0 atom stereocenters. The number of nitrogens with zero attached hydrogens (tertiary/aromatic N) is 2. The molecule has 7 heteroatoms. The van der Waals surface area contributed by atoms with E-state index in [0.29, 0.717) is 42.7 Å². The van der Waals surface area contributed by atoms with E-state index in [-0.39, 0.29) is 22.8 Å². The topological polar surface area (TPSA) is 72.8 Å². The third-order valence-electron chi connectivity index (χ3n) is 8.24. The number of hydrogen-bond donors (Lipinski definition) is 1. The van der Waals surface area contributed by atoms with Gasteiger partial charge >= 0.3 is 6.09 Å². The first-order valence-corrected chi connectivity index (χ1v) is 14.8. The van der Waals surface area contributed by atoms with Crippen LogP contribution in [0.4, 0.5) is 10.5 Å². The summed E-state index contributed by atoms with van der Waals surface area (Å²) in [6, 6.07) is 12.5. The van der Waals surface area contributed by atoms with E-state index >= 15 is 0 Å². The maximum absolute atomic E-state index is 13.8. The SMILES string of the molecule is CCOC(=O)N1CCC(Cc2cccc3cc(C(=O)Nc4cc(C(C)(C)C)cc(C(C)(C)C)c4OC)n(C)c23)CC1. The fraction of sp³-hybridized carbons (Fsp3) is 0.529. The summed E-state index contributed by atoms with van der Waals surface area (Å²) >= 11 is 0. The number of carbonyl (C=O) groups excluding carboxylic acids is 2. The number of rotatable bonds is 6. The fourth-order valence-corrected chi connectivity index (χ4v) is 5.85. The van der Waals surface area contributed by atoms with Gasteiger partial charge in [-0.25, -0.2) is 4.79 Å². The third kappa shape index (κ3) is 6.55. The number of fused-ring (bicyclic) bond motifs is 1. The molecule has 4 rings (SSSR count). The molecule has 7 nitrogen and oxygen atoms in total. The number of anilines is 1. The monoisotopic (exact) mass is 561 g/mol. The third-order valence-corrected chi connectivity index (χ3v) is 8.24. The van der Waals surface area contributed by atoms with Gasteiger partial charge in [-0.05, 0) is 66.2 Å². The van der Waals surface area contributed by atoms with E-state index in [0.717, 1.165) is 41.3 Å². The molecule has 1 N–H and O–H groups in total. The van der Waals surface area contributed by atoms with Gasteiger partial charge in [0.2, 0.25) is 0 Å². The van der Waals surface area contributed by atoms with Crippen LogP contribution in [0.5, 0.6) is 5.75 Å². The molecule has 1 fully saturated rings. The molecule has 2 amide bonds. The number of carbonyl (C=O) groups is 2. The smallest absolute Gasteiger partial charge is 0.409 e. The standard InChI is InChI=1S/C34H47N3O4/c1-10-41-32(39)37-16-14-22(15-17-37)18-23-12-11-13-24-19-28(36(8)29(23)24)31(38)35-27-21-25(33(2,3)4)20-26(30(27)40-9)34(5,6)7/h11-13,19-22H,10,14-18H2,1-9H3,(H,35,38). The molecule has 2 aromatic carbocycles. The average molecular weight is 562 g/mol. The lowest BCUT2D eigenvalue weighted by molar-refractivity contribution is 0.0918. The Balaban J connectivity index is 1.62. The first-order valence-electron chi connectivity index (χ1n) is 14.8. The van der Waals surface area contributed by atoms with Crippen molar-refractivity contribution in [2.45, 2.75) is 78.6 Å². The van der Waals surface area contributed by atoms with Crippen LogP contribution in [-0.4, -0.2) is 48.3 Å². The Morgan fingerprint density at radius 3 is 2.27 bits per heavy atom. The largest absolute Gasteiger partial charge is 0.494 e. The summed E-state index contributed by atoms with van der Waals surface area (Å²) in [5.41, 5.74) is 5.55. The molecular formula is C34H47N3O4. The Hall–Kier alpha value is -3.48. The summed E-state index contributed by atoms with van der Waals surface area (Å²) in [6.07, 6.45) is 2.56. The lowest BCUT2D eigenvalue weighted by Crippen LogP contribution is -2.39. The van der Waals surface area contributed by atoms with Gasteiger partial charge in [0.05, 0.1) is 24.9 Å². The minimum absolute atomic E-state index is 0.0905. The van der Waals surface area contributed by atoms with Crippen molar-refractivity contribution in [2.24, 2.45) is 13.0 Å². The van der Waals surface area contributed by atoms with Crippen molar-refractivity contribution >= 4 is 28.6 Å². The van der Waals surface area contributed by atoms with E-state index in [1.54, 1.807) is 12.0 Å². The number of benzene rings is 2. The Morgan fingerprint density at radius 1 is 1.00 bits per heavy atom. The fourth-order valence-electron chi connectivity index (χ4n) is 5.85. The second-order valence-electron chi connectivity index (χ2n) is 13.3. The van der Waals surface area contributed by atoms with Crippen molar-refractivity contribution < 1.29 is 19.1 Å². The molecule has 2 heterocycles. The van der Waals surface area contributed by atoms with Crippen molar-refractivity contribution in [2.75, 3.05) is 32.1 Å². The maximum Gasteiger partial charge on any atom is 0.409 e. The van der Waals surface area contributed by atoms with Gasteiger partial charge in [-0.2, -0.15) is 0 Å². The molecule has 0 radical (unpaired) electrons. The van der Waals surface area contributed by atoms with Crippen LogP contribution >= 0.6 is 0 Å². The number of nitrogens with one attached hydrogen (secondary N) is 1. The first-order chi connectivity index (χ1) is 19.2. The Labute approximate surface area is 245 Å². The second kappa shape index (κ2) is 11.8. The van der Waals surface area contributed by atoms with E-state index in [1.807, 2.05) is 30.7 Å². The number of hydrogen-bond acceptors (Lipinski definition) is 4. The Morgan fingerprint density at radius 2 is 1.68 bits per heavy atom. The van der Waals surface area contributed by atoms with Gasteiger partial charge in [-0.1, -0.05) is 65.8 Å². The van der Waals surface area contributed by atoms with Gasteiger partial charge in [0.15, 0.2) is 0 Å². The Kier molecular flexibility index (Phi) is 8.76. The maximum atomic E-state index is 13.8. The summed E-state index contributed by atoms with van der Waals surface area (Å²) in [6.45, 7) is 16.7. The van der Waals surface area contributed by atoms with Gasteiger partial charge in [0, 0.05) is 31.1 Å². The lowest BCUT2D eigenvalue weighted by Gasteiger charge is -2.31.